The molecule has 0 aliphatic heterocycles. The molecule has 0 aliphatic carbocycles. The SMILES string of the molecule is Cc1nnc(COc2ccc(CN)cc2C(F)(F)F)n1C. The number of ether oxygens (including phenoxy) is 1. The topological polar surface area (TPSA) is 66.0 Å². The van der Waals surface area contributed by atoms with Crippen molar-refractivity contribution >= 4 is 0 Å². The van der Waals surface area contributed by atoms with E-state index in [0.29, 0.717) is 17.2 Å². The lowest BCUT2D eigenvalue weighted by atomic mass is 10.1. The lowest BCUT2D eigenvalue weighted by Gasteiger charge is -2.15. The van der Waals surface area contributed by atoms with Crippen LogP contribution in [-0.2, 0) is 26.4 Å². The first-order chi connectivity index (χ1) is 9.82. The average Bonchev–Trinajstić information content (AvgIpc) is 2.75. The monoisotopic (exact) mass is 300 g/mol. The second-order valence-electron chi connectivity index (χ2n) is 4.54. The molecule has 0 atom stereocenters. The zero-order chi connectivity index (χ0) is 15.6. The maximum absolute atomic E-state index is 13.0. The van der Waals surface area contributed by atoms with E-state index in [1.165, 1.54) is 12.1 Å². The quantitative estimate of drug-likeness (QED) is 0.940. The van der Waals surface area contributed by atoms with E-state index >= 15 is 0 Å². The second kappa shape index (κ2) is 5.72. The van der Waals surface area contributed by atoms with Crippen molar-refractivity contribution in [1.29, 1.82) is 0 Å². The molecule has 0 spiro atoms. The number of alkyl halides is 3. The van der Waals surface area contributed by atoms with Crippen LogP contribution in [0.4, 0.5) is 13.2 Å². The summed E-state index contributed by atoms with van der Waals surface area (Å²) < 4.78 is 46.0. The molecule has 2 aromatic rings. The molecule has 8 heteroatoms. The van der Waals surface area contributed by atoms with Crippen molar-refractivity contribution in [2.24, 2.45) is 12.8 Å². The van der Waals surface area contributed by atoms with E-state index in [-0.39, 0.29) is 18.9 Å². The Morgan fingerprint density at radius 1 is 1.29 bits per heavy atom. The number of aromatic nitrogens is 3. The maximum atomic E-state index is 13.0. The van der Waals surface area contributed by atoms with Crippen molar-refractivity contribution in [3.63, 3.8) is 0 Å². The minimum absolute atomic E-state index is 0.0336. The molecule has 0 saturated carbocycles. The molecule has 2 N–H and O–H groups in total. The molecule has 21 heavy (non-hydrogen) atoms. The third-order valence-electron chi connectivity index (χ3n) is 3.12. The van der Waals surface area contributed by atoms with Crippen LogP contribution in [0.2, 0.25) is 0 Å². The van der Waals surface area contributed by atoms with Gasteiger partial charge in [0.25, 0.3) is 0 Å². The number of hydrogen-bond donors (Lipinski definition) is 1. The largest absolute Gasteiger partial charge is 0.485 e. The van der Waals surface area contributed by atoms with Crippen LogP contribution in [-0.4, -0.2) is 14.8 Å². The highest BCUT2D eigenvalue weighted by Crippen LogP contribution is 2.37. The lowest BCUT2D eigenvalue weighted by molar-refractivity contribution is -0.139. The Balaban J connectivity index is 2.25. The summed E-state index contributed by atoms with van der Waals surface area (Å²) in [6, 6.07) is 3.78. The van der Waals surface area contributed by atoms with E-state index in [9.17, 15) is 13.2 Å². The van der Waals surface area contributed by atoms with Crippen molar-refractivity contribution < 1.29 is 17.9 Å². The van der Waals surface area contributed by atoms with Crippen LogP contribution >= 0.6 is 0 Å². The Morgan fingerprint density at radius 2 is 2.00 bits per heavy atom. The molecule has 1 heterocycles. The highest BCUT2D eigenvalue weighted by atomic mass is 19.4. The standard InChI is InChI=1S/C13H15F3N4O/c1-8-18-19-12(20(8)2)7-21-11-4-3-9(6-17)5-10(11)13(14,15)16/h3-5H,6-7,17H2,1-2H3. The van der Waals surface area contributed by atoms with E-state index in [1.807, 2.05) is 0 Å². The van der Waals surface area contributed by atoms with Crippen molar-refractivity contribution in [1.82, 2.24) is 14.8 Å². The van der Waals surface area contributed by atoms with Crippen LogP contribution in [0, 0.1) is 6.92 Å². The smallest absolute Gasteiger partial charge is 0.419 e. The molecule has 0 unspecified atom stereocenters. The molecule has 0 aliphatic rings. The summed E-state index contributed by atoms with van der Waals surface area (Å²) in [5, 5.41) is 7.66. The highest BCUT2D eigenvalue weighted by molar-refractivity contribution is 5.39. The van der Waals surface area contributed by atoms with E-state index in [2.05, 4.69) is 10.2 Å². The van der Waals surface area contributed by atoms with E-state index in [1.54, 1.807) is 18.5 Å². The minimum Gasteiger partial charge on any atom is -0.485 e. The number of benzene rings is 1. The Labute approximate surface area is 119 Å². The van der Waals surface area contributed by atoms with Crippen molar-refractivity contribution in [2.75, 3.05) is 0 Å². The van der Waals surface area contributed by atoms with Gasteiger partial charge in [-0.3, -0.25) is 0 Å². The third-order valence-corrected chi connectivity index (χ3v) is 3.12. The van der Waals surface area contributed by atoms with Gasteiger partial charge in [0, 0.05) is 13.6 Å². The summed E-state index contributed by atoms with van der Waals surface area (Å²) in [5.41, 5.74) is 4.92. The summed E-state index contributed by atoms with van der Waals surface area (Å²) in [6.45, 7) is 1.68. The van der Waals surface area contributed by atoms with Crippen LogP contribution in [0.15, 0.2) is 18.2 Å². The molecule has 1 aromatic heterocycles. The number of hydrogen-bond acceptors (Lipinski definition) is 4. The molecule has 0 radical (unpaired) electrons. The van der Waals surface area contributed by atoms with Gasteiger partial charge < -0.3 is 15.0 Å². The first-order valence-corrected chi connectivity index (χ1v) is 6.20. The van der Waals surface area contributed by atoms with Crippen LogP contribution in [0.3, 0.4) is 0 Å². The fraction of sp³-hybridized carbons (Fsp3) is 0.385. The van der Waals surface area contributed by atoms with Gasteiger partial charge in [0.2, 0.25) is 0 Å². The van der Waals surface area contributed by atoms with Crippen LogP contribution in [0.25, 0.3) is 0 Å². The van der Waals surface area contributed by atoms with Crippen molar-refractivity contribution in [2.45, 2.75) is 26.3 Å². The highest BCUT2D eigenvalue weighted by Gasteiger charge is 2.34. The first-order valence-electron chi connectivity index (χ1n) is 6.20. The van der Waals surface area contributed by atoms with Crippen LogP contribution < -0.4 is 10.5 Å². The molecule has 5 nitrogen and oxygen atoms in total. The van der Waals surface area contributed by atoms with Gasteiger partial charge in [0.15, 0.2) is 5.82 Å². The molecule has 0 amide bonds. The summed E-state index contributed by atoms with van der Waals surface area (Å²) in [4.78, 5) is 0. The summed E-state index contributed by atoms with van der Waals surface area (Å²) in [7, 11) is 1.72. The van der Waals surface area contributed by atoms with Gasteiger partial charge in [0.1, 0.15) is 18.2 Å². The summed E-state index contributed by atoms with van der Waals surface area (Å²) >= 11 is 0. The normalized spacial score (nSPS) is 11.7. The Kier molecular flexibility index (Phi) is 4.17. The van der Waals surface area contributed by atoms with Gasteiger partial charge in [-0.1, -0.05) is 6.07 Å². The predicted molar refractivity (Wildman–Crippen MR) is 69.4 cm³/mol. The van der Waals surface area contributed by atoms with Crippen LogP contribution in [0.1, 0.15) is 22.8 Å². The van der Waals surface area contributed by atoms with Gasteiger partial charge in [-0.2, -0.15) is 13.2 Å². The fourth-order valence-electron chi connectivity index (χ4n) is 1.77. The first kappa shape index (κ1) is 15.3. The van der Waals surface area contributed by atoms with Gasteiger partial charge in [-0.05, 0) is 24.6 Å². The lowest BCUT2D eigenvalue weighted by Crippen LogP contribution is -2.12. The van der Waals surface area contributed by atoms with E-state index in [4.69, 9.17) is 10.5 Å². The van der Waals surface area contributed by atoms with Gasteiger partial charge in [0.05, 0.1) is 5.56 Å². The number of nitrogens with zero attached hydrogens (tertiary/aromatic N) is 3. The van der Waals surface area contributed by atoms with Gasteiger partial charge >= 0.3 is 6.18 Å². The molecular formula is C13H15F3N4O. The van der Waals surface area contributed by atoms with E-state index < -0.39 is 11.7 Å². The van der Waals surface area contributed by atoms with Gasteiger partial charge in [-0.25, -0.2) is 0 Å². The fourth-order valence-corrected chi connectivity index (χ4v) is 1.77. The number of rotatable bonds is 4. The Morgan fingerprint density at radius 3 is 2.52 bits per heavy atom. The minimum atomic E-state index is -4.50. The molecule has 0 saturated heterocycles. The maximum Gasteiger partial charge on any atom is 0.419 e. The molecule has 1 aromatic carbocycles. The van der Waals surface area contributed by atoms with E-state index in [0.717, 1.165) is 6.07 Å². The summed E-state index contributed by atoms with van der Waals surface area (Å²) in [6.07, 6.45) is -4.50. The number of aryl methyl sites for hydroxylation is 1. The zero-order valence-corrected chi connectivity index (χ0v) is 11.6. The molecule has 2 rings (SSSR count). The third kappa shape index (κ3) is 3.33. The molecular weight excluding hydrogens is 285 g/mol. The number of halogens is 3. The zero-order valence-electron chi connectivity index (χ0n) is 11.6. The number of nitrogens with two attached hydrogens (primary N) is 1. The van der Waals surface area contributed by atoms with Crippen molar-refractivity contribution in [3.05, 3.63) is 41.0 Å². The average molecular weight is 300 g/mol. The molecule has 114 valence electrons. The predicted octanol–water partition coefficient (Wildman–Crippen LogP) is 2.18. The molecule has 0 fully saturated rings. The molecule has 0 bridgehead atoms. The second-order valence-corrected chi connectivity index (χ2v) is 4.54. The summed E-state index contributed by atoms with van der Waals surface area (Å²) in [5.74, 6) is 0.854. The van der Waals surface area contributed by atoms with Crippen LogP contribution in [0.5, 0.6) is 5.75 Å². The van der Waals surface area contributed by atoms with Crippen molar-refractivity contribution in [3.8, 4) is 5.75 Å². The van der Waals surface area contributed by atoms with Gasteiger partial charge in [-0.15, -0.1) is 10.2 Å². The Hall–Kier alpha value is -2.09. The Bertz CT molecular complexity index is 637.